The first kappa shape index (κ1) is 14.8. The summed E-state index contributed by atoms with van der Waals surface area (Å²) >= 11 is 3.44. The van der Waals surface area contributed by atoms with E-state index in [9.17, 15) is 0 Å². The average Bonchev–Trinajstić information content (AvgIpc) is 2.37. The smallest absolute Gasteiger partial charge is 0.168 e. The van der Waals surface area contributed by atoms with Crippen LogP contribution in [0, 0.1) is 13.8 Å². The summed E-state index contributed by atoms with van der Waals surface area (Å²) in [6.45, 7) is 7.21. The van der Waals surface area contributed by atoms with Crippen LogP contribution >= 0.6 is 15.9 Å². The summed E-state index contributed by atoms with van der Waals surface area (Å²) in [5.74, 6) is 2.37. The first-order valence-corrected chi connectivity index (χ1v) is 7.35. The van der Waals surface area contributed by atoms with Gasteiger partial charge in [-0.25, -0.2) is 9.97 Å². The van der Waals surface area contributed by atoms with Gasteiger partial charge in [-0.15, -0.1) is 0 Å². The molecular weight excluding hydrogens is 318 g/mol. The molecule has 5 heteroatoms. The van der Waals surface area contributed by atoms with Gasteiger partial charge in [-0.05, 0) is 44.5 Å². The van der Waals surface area contributed by atoms with Gasteiger partial charge in [-0.2, -0.15) is 0 Å². The fourth-order valence-electron chi connectivity index (χ4n) is 1.88. The van der Waals surface area contributed by atoms with Crippen LogP contribution in [0.3, 0.4) is 0 Å². The molecule has 106 valence electrons. The van der Waals surface area contributed by atoms with Gasteiger partial charge in [-0.3, -0.25) is 0 Å². The molecule has 0 amide bonds. The van der Waals surface area contributed by atoms with Gasteiger partial charge >= 0.3 is 0 Å². The molecule has 0 fully saturated rings. The van der Waals surface area contributed by atoms with E-state index in [1.54, 1.807) is 0 Å². The summed E-state index contributed by atoms with van der Waals surface area (Å²) in [5, 5.41) is 3.19. The van der Waals surface area contributed by atoms with E-state index in [1.807, 2.05) is 45.0 Å². The third-order valence-corrected chi connectivity index (χ3v) is 3.25. The minimum atomic E-state index is 0.364. The molecule has 0 spiro atoms. The highest BCUT2D eigenvalue weighted by Gasteiger charge is 2.05. The number of benzene rings is 1. The van der Waals surface area contributed by atoms with Crippen molar-refractivity contribution in [1.29, 1.82) is 0 Å². The summed E-state index contributed by atoms with van der Waals surface area (Å²) in [6.07, 6.45) is 0. The topological polar surface area (TPSA) is 47.0 Å². The van der Waals surface area contributed by atoms with E-state index in [0.717, 1.165) is 33.8 Å². The second kappa shape index (κ2) is 6.70. The van der Waals surface area contributed by atoms with Crippen LogP contribution in [0.25, 0.3) is 0 Å². The average molecular weight is 336 g/mol. The Bertz CT molecular complexity index is 602. The van der Waals surface area contributed by atoms with Crippen molar-refractivity contribution in [1.82, 2.24) is 9.97 Å². The van der Waals surface area contributed by atoms with E-state index in [1.165, 1.54) is 0 Å². The van der Waals surface area contributed by atoms with Gasteiger partial charge in [0.15, 0.2) is 5.82 Å². The Morgan fingerprint density at radius 1 is 1.20 bits per heavy atom. The SMILES string of the molecule is CCNc1cc(C)nc(COc2ccc(Br)cc2C)n1. The zero-order valence-corrected chi connectivity index (χ0v) is 13.5. The number of aryl methyl sites for hydroxylation is 2. The van der Waals surface area contributed by atoms with Crippen molar-refractivity contribution >= 4 is 21.7 Å². The Balaban J connectivity index is 2.10. The second-order valence-electron chi connectivity index (χ2n) is 4.54. The van der Waals surface area contributed by atoms with Crippen LogP contribution in [0.2, 0.25) is 0 Å². The molecule has 0 atom stereocenters. The molecular formula is C15H18BrN3O. The Hall–Kier alpha value is -1.62. The molecule has 0 aliphatic rings. The monoisotopic (exact) mass is 335 g/mol. The Morgan fingerprint density at radius 3 is 2.70 bits per heavy atom. The zero-order valence-electron chi connectivity index (χ0n) is 11.9. The van der Waals surface area contributed by atoms with E-state index >= 15 is 0 Å². The normalized spacial score (nSPS) is 10.4. The first-order chi connectivity index (χ1) is 9.58. The van der Waals surface area contributed by atoms with Gasteiger partial charge in [0.05, 0.1) is 0 Å². The molecule has 4 nitrogen and oxygen atoms in total. The number of ether oxygens (including phenoxy) is 1. The fraction of sp³-hybridized carbons (Fsp3) is 0.333. The number of halogens is 1. The number of nitrogens with zero attached hydrogens (tertiary/aromatic N) is 2. The highest BCUT2D eigenvalue weighted by atomic mass is 79.9. The van der Waals surface area contributed by atoms with Gasteiger partial charge in [0, 0.05) is 22.8 Å². The van der Waals surface area contributed by atoms with Crippen LogP contribution in [0.15, 0.2) is 28.7 Å². The van der Waals surface area contributed by atoms with Crippen molar-refractivity contribution < 1.29 is 4.74 Å². The molecule has 2 aromatic rings. The molecule has 20 heavy (non-hydrogen) atoms. The molecule has 0 unspecified atom stereocenters. The minimum Gasteiger partial charge on any atom is -0.485 e. The van der Waals surface area contributed by atoms with Crippen molar-refractivity contribution in [2.45, 2.75) is 27.4 Å². The standard InChI is InChI=1S/C15H18BrN3O/c1-4-17-14-8-11(3)18-15(19-14)9-20-13-6-5-12(16)7-10(13)2/h5-8H,4,9H2,1-3H3,(H,17,18,19). The van der Waals surface area contributed by atoms with Crippen LogP contribution in [0.4, 0.5) is 5.82 Å². The molecule has 0 aliphatic heterocycles. The fourth-order valence-corrected chi connectivity index (χ4v) is 2.36. The number of anilines is 1. The summed E-state index contributed by atoms with van der Waals surface area (Å²) in [5.41, 5.74) is 2.01. The molecule has 1 aromatic heterocycles. The van der Waals surface area contributed by atoms with E-state index in [2.05, 4.69) is 31.2 Å². The third-order valence-electron chi connectivity index (χ3n) is 2.75. The molecule has 1 heterocycles. The van der Waals surface area contributed by atoms with Crippen LogP contribution in [-0.2, 0) is 6.61 Å². The van der Waals surface area contributed by atoms with Gasteiger partial charge in [0.2, 0.25) is 0 Å². The Labute approximate surface area is 127 Å². The summed E-state index contributed by atoms with van der Waals surface area (Å²) in [7, 11) is 0. The van der Waals surface area contributed by atoms with Crippen molar-refractivity contribution in [2.75, 3.05) is 11.9 Å². The van der Waals surface area contributed by atoms with Gasteiger partial charge in [0.1, 0.15) is 18.2 Å². The molecule has 0 aliphatic carbocycles. The second-order valence-corrected chi connectivity index (χ2v) is 5.46. The summed E-state index contributed by atoms with van der Waals surface area (Å²) in [6, 6.07) is 7.86. The molecule has 0 bridgehead atoms. The van der Waals surface area contributed by atoms with E-state index < -0.39 is 0 Å². The van der Waals surface area contributed by atoms with E-state index in [0.29, 0.717) is 12.4 Å². The van der Waals surface area contributed by atoms with Gasteiger partial charge in [-0.1, -0.05) is 15.9 Å². The van der Waals surface area contributed by atoms with Crippen LogP contribution in [0.5, 0.6) is 5.75 Å². The number of hydrogen-bond acceptors (Lipinski definition) is 4. The zero-order chi connectivity index (χ0) is 14.5. The largest absolute Gasteiger partial charge is 0.485 e. The van der Waals surface area contributed by atoms with E-state index in [4.69, 9.17) is 4.74 Å². The highest BCUT2D eigenvalue weighted by Crippen LogP contribution is 2.22. The van der Waals surface area contributed by atoms with Crippen LogP contribution in [-0.4, -0.2) is 16.5 Å². The van der Waals surface area contributed by atoms with Gasteiger partial charge < -0.3 is 10.1 Å². The minimum absolute atomic E-state index is 0.364. The lowest BCUT2D eigenvalue weighted by Crippen LogP contribution is -2.07. The molecule has 2 rings (SSSR count). The molecule has 1 N–H and O–H groups in total. The number of rotatable bonds is 5. The molecule has 0 saturated carbocycles. The maximum atomic E-state index is 5.79. The lowest BCUT2D eigenvalue weighted by atomic mass is 10.2. The highest BCUT2D eigenvalue weighted by molar-refractivity contribution is 9.10. The van der Waals surface area contributed by atoms with E-state index in [-0.39, 0.29) is 0 Å². The van der Waals surface area contributed by atoms with Crippen LogP contribution < -0.4 is 10.1 Å². The number of nitrogens with one attached hydrogen (secondary N) is 1. The number of hydrogen-bond donors (Lipinski definition) is 1. The summed E-state index contributed by atoms with van der Waals surface area (Å²) < 4.78 is 6.84. The van der Waals surface area contributed by atoms with Gasteiger partial charge in [0.25, 0.3) is 0 Å². The Kier molecular flexibility index (Phi) is 4.95. The Morgan fingerprint density at radius 2 is 2.00 bits per heavy atom. The predicted octanol–water partition coefficient (Wildman–Crippen LogP) is 3.87. The van der Waals surface area contributed by atoms with Crippen LogP contribution in [0.1, 0.15) is 24.0 Å². The lowest BCUT2D eigenvalue weighted by Gasteiger charge is -2.10. The van der Waals surface area contributed by atoms with Crippen molar-refractivity contribution in [3.8, 4) is 5.75 Å². The first-order valence-electron chi connectivity index (χ1n) is 6.56. The number of aromatic nitrogens is 2. The molecule has 0 radical (unpaired) electrons. The maximum Gasteiger partial charge on any atom is 0.168 e. The molecule has 0 saturated heterocycles. The van der Waals surface area contributed by atoms with Crippen molar-refractivity contribution in [3.05, 3.63) is 45.8 Å². The van der Waals surface area contributed by atoms with Crippen molar-refractivity contribution in [2.24, 2.45) is 0 Å². The lowest BCUT2D eigenvalue weighted by molar-refractivity contribution is 0.293. The van der Waals surface area contributed by atoms with Crippen molar-refractivity contribution in [3.63, 3.8) is 0 Å². The maximum absolute atomic E-state index is 5.79. The quantitative estimate of drug-likeness (QED) is 0.900. The predicted molar refractivity (Wildman–Crippen MR) is 84.1 cm³/mol. The third kappa shape index (κ3) is 3.93. The molecule has 1 aromatic carbocycles. The summed E-state index contributed by atoms with van der Waals surface area (Å²) in [4.78, 5) is 8.82.